The highest BCUT2D eigenvalue weighted by atomic mass is 28.3. The van der Waals surface area contributed by atoms with Crippen LogP contribution in [0.2, 0.25) is 13.1 Å². The molecule has 0 saturated heterocycles. The molecule has 0 N–H and O–H groups in total. The first-order valence-corrected chi connectivity index (χ1v) is 7.24. The van der Waals surface area contributed by atoms with Crippen molar-refractivity contribution in [1.29, 1.82) is 0 Å². The molecule has 0 aromatic heterocycles. The largest absolute Gasteiger partial charge is 0.0717 e. The van der Waals surface area contributed by atoms with Crippen LogP contribution in [0.3, 0.4) is 0 Å². The molecule has 1 aromatic carbocycles. The van der Waals surface area contributed by atoms with Crippen molar-refractivity contribution in [3.05, 3.63) is 35.9 Å². The summed E-state index contributed by atoms with van der Waals surface area (Å²) >= 11 is 0. The van der Waals surface area contributed by atoms with Crippen LogP contribution in [0.5, 0.6) is 0 Å². The quantitative estimate of drug-likeness (QED) is 0.590. The Morgan fingerprint density at radius 2 is 1.64 bits per heavy atom. The summed E-state index contributed by atoms with van der Waals surface area (Å²) in [7, 11) is -0.491. The molecule has 0 saturated carbocycles. The van der Waals surface area contributed by atoms with Gasteiger partial charge < -0.3 is 0 Å². The normalized spacial score (nSPS) is 13.5. The zero-order valence-electron chi connectivity index (χ0n) is 7.54. The van der Waals surface area contributed by atoms with Gasteiger partial charge in [-0.15, -0.1) is 0 Å². The number of rotatable bonds is 2. The van der Waals surface area contributed by atoms with Gasteiger partial charge in [-0.25, -0.2) is 0 Å². The fraction of sp³-hybridized carbons (Fsp3) is 0.400. The third-order valence-electron chi connectivity index (χ3n) is 2.33. The molecule has 1 rings (SSSR count). The van der Waals surface area contributed by atoms with Gasteiger partial charge in [0.15, 0.2) is 0 Å². The summed E-state index contributed by atoms with van der Waals surface area (Å²) in [5.41, 5.74) is 2.32. The van der Waals surface area contributed by atoms with Crippen molar-refractivity contribution in [3.8, 4) is 0 Å². The average molecular weight is 164 g/mol. The Morgan fingerprint density at radius 3 is 2.09 bits per heavy atom. The smallest absolute Gasteiger partial charge is 0.0384 e. The monoisotopic (exact) mass is 164 g/mol. The van der Waals surface area contributed by atoms with E-state index in [0.29, 0.717) is 0 Å². The van der Waals surface area contributed by atoms with E-state index in [-0.39, 0.29) is 0 Å². The SMILES string of the molecule is C[C@@H](c1ccccc1)[SiH](C)C. The van der Waals surface area contributed by atoms with Gasteiger partial charge in [0.05, 0.1) is 0 Å². The predicted octanol–water partition coefficient (Wildman–Crippen LogP) is 2.82. The van der Waals surface area contributed by atoms with Crippen LogP contribution >= 0.6 is 0 Å². The molecule has 0 fully saturated rings. The molecular formula is C10H16Si. The van der Waals surface area contributed by atoms with Gasteiger partial charge in [-0.3, -0.25) is 0 Å². The van der Waals surface area contributed by atoms with Gasteiger partial charge >= 0.3 is 0 Å². The summed E-state index contributed by atoms with van der Waals surface area (Å²) in [5, 5.41) is 0. The Kier molecular flexibility index (Phi) is 2.89. The second-order valence-corrected chi connectivity index (χ2v) is 6.93. The summed E-state index contributed by atoms with van der Waals surface area (Å²) in [5.74, 6) is 0. The maximum absolute atomic E-state index is 2.40. The first-order chi connectivity index (χ1) is 5.22. The summed E-state index contributed by atoms with van der Waals surface area (Å²) in [6.45, 7) is 7.14. The Labute approximate surface area is 70.9 Å². The van der Waals surface area contributed by atoms with Crippen molar-refractivity contribution in [3.63, 3.8) is 0 Å². The van der Waals surface area contributed by atoms with Crippen molar-refractivity contribution in [2.24, 2.45) is 0 Å². The third-order valence-corrected chi connectivity index (χ3v) is 4.71. The molecule has 11 heavy (non-hydrogen) atoms. The molecule has 0 heterocycles. The van der Waals surface area contributed by atoms with E-state index in [4.69, 9.17) is 0 Å². The predicted molar refractivity (Wildman–Crippen MR) is 53.7 cm³/mol. The minimum absolute atomic E-state index is 0.491. The molecule has 0 amide bonds. The van der Waals surface area contributed by atoms with E-state index in [0.717, 1.165) is 5.54 Å². The summed E-state index contributed by atoms with van der Waals surface area (Å²) in [4.78, 5) is 0. The van der Waals surface area contributed by atoms with Crippen molar-refractivity contribution < 1.29 is 0 Å². The molecule has 1 heteroatoms. The molecule has 0 aliphatic carbocycles. The second kappa shape index (κ2) is 3.72. The molecule has 0 nitrogen and oxygen atoms in total. The Balaban J connectivity index is 2.77. The van der Waals surface area contributed by atoms with Crippen molar-refractivity contribution in [2.75, 3.05) is 0 Å². The zero-order valence-corrected chi connectivity index (χ0v) is 8.70. The van der Waals surface area contributed by atoms with Crippen molar-refractivity contribution in [2.45, 2.75) is 25.6 Å². The van der Waals surface area contributed by atoms with Crippen LogP contribution in [0, 0.1) is 0 Å². The van der Waals surface area contributed by atoms with Gasteiger partial charge in [0.25, 0.3) is 0 Å². The molecule has 0 aliphatic heterocycles. The van der Waals surface area contributed by atoms with Gasteiger partial charge in [0, 0.05) is 8.80 Å². The van der Waals surface area contributed by atoms with E-state index in [2.05, 4.69) is 50.3 Å². The van der Waals surface area contributed by atoms with Gasteiger partial charge in [-0.1, -0.05) is 50.3 Å². The third kappa shape index (κ3) is 2.19. The molecule has 0 aliphatic rings. The molecule has 0 spiro atoms. The number of hydrogen-bond acceptors (Lipinski definition) is 0. The van der Waals surface area contributed by atoms with Crippen LogP contribution in [0.1, 0.15) is 18.0 Å². The molecule has 60 valence electrons. The van der Waals surface area contributed by atoms with Gasteiger partial charge in [0.1, 0.15) is 0 Å². The van der Waals surface area contributed by atoms with Crippen molar-refractivity contribution in [1.82, 2.24) is 0 Å². The molecule has 0 bridgehead atoms. The zero-order chi connectivity index (χ0) is 8.27. The number of hydrogen-bond donors (Lipinski definition) is 0. The van der Waals surface area contributed by atoms with E-state index < -0.39 is 8.80 Å². The van der Waals surface area contributed by atoms with Crippen molar-refractivity contribution >= 4 is 8.80 Å². The fourth-order valence-corrected chi connectivity index (χ4v) is 2.13. The average Bonchev–Trinajstić information content (AvgIpc) is 2.05. The first kappa shape index (κ1) is 8.53. The summed E-state index contributed by atoms with van der Waals surface area (Å²) < 4.78 is 0. The van der Waals surface area contributed by atoms with Crippen LogP contribution in [-0.2, 0) is 0 Å². The van der Waals surface area contributed by atoms with E-state index in [1.165, 1.54) is 5.56 Å². The maximum atomic E-state index is 2.40. The van der Waals surface area contributed by atoms with E-state index in [1.54, 1.807) is 0 Å². The van der Waals surface area contributed by atoms with Gasteiger partial charge in [-0.05, 0) is 11.1 Å². The molecule has 0 radical (unpaired) electrons. The Morgan fingerprint density at radius 1 is 1.09 bits per heavy atom. The minimum Gasteiger partial charge on any atom is -0.0717 e. The Hall–Kier alpha value is -0.563. The van der Waals surface area contributed by atoms with Crippen LogP contribution in [0.25, 0.3) is 0 Å². The molecule has 1 aromatic rings. The lowest BCUT2D eigenvalue weighted by Gasteiger charge is -2.13. The van der Waals surface area contributed by atoms with E-state index in [9.17, 15) is 0 Å². The van der Waals surface area contributed by atoms with Gasteiger partial charge in [0.2, 0.25) is 0 Å². The van der Waals surface area contributed by atoms with Crippen LogP contribution in [-0.4, -0.2) is 8.80 Å². The minimum atomic E-state index is -0.491. The highest BCUT2D eigenvalue weighted by Gasteiger charge is 2.09. The standard InChI is InChI=1S/C10H16Si/c1-9(11(2)3)10-7-5-4-6-8-10/h4-9,11H,1-3H3/t9-/m0/s1. The van der Waals surface area contributed by atoms with Crippen LogP contribution in [0.15, 0.2) is 30.3 Å². The fourth-order valence-electron chi connectivity index (χ4n) is 1.14. The second-order valence-electron chi connectivity index (χ2n) is 3.44. The molecule has 0 unspecified atom stereocenters. The maximum Gasteiger partial charge on any atom is 0.0384 e. The van der Waals surface area contributed by atoms with Gasteiger partial charge in [-0.2, -0.15) is 0 Å². The summed E-state index contributed by atoms with van der Waals surface area (Å²) in [6.07, 6.45) is 0. The van der Waals surface area contributed by atoms with Crippen LogP contribution in [0.4, 0.5) is 0 Å². The molecular weight excluding hydrogens is 148 g/mol. The lowest BCUT2D eigenvalue weighted by Crippen LogP contribution is -2.11. The Bertz CT molecular complexity index is 203. The summed E-state index contributed by atoms with van der Waals surface area (Å²) in [6, 6.07) is 10.8. The topological polar surface area (TPSA) is 0 Å². The lowest BCUT2D eigenvalue weighted by molar-refractivity contribution is 1.05. The van der Waals surface area contributed by atoms with Crippen LogP contribution < -0.4 is 0 Å². The highest BCUT2D eigenvalue weighted by molar-refractivity contribution is 6.57. The molecule has 1 atom stereocenters. The first-order valence-electron chi connectivity index (χ1n) is 4.26. The van der Waals surface area contributed by atoms with E-state index >= 15 is 0 Å². The van der Waals surface area contributed by atoms with E-state index in [1.807, 2.05) is 0 Å². The lowest BCUT2D eigenvalue weighted by atomic mass is 10.2. The number of benzene rings is 1. The highest BCUT2D eigenvalue weighted by Crippen LogP contribution is 2.16.